The summed E-state index contributed by atoms with van der Waals surface area (Å²) in [5.41, 5.74) is 2.13. The maximum absolute atomic E-state index is 12.4. The second-order valence-corrected chi connectivity index (χ2v) is 6.96. The van der Waals surface area contributed by atoms with Gasteiger partial charge in [-0.15, -0.1) is 0 Å². The van der Waals surface area contributed by atoms with Crippen LogP contribution >= 0.6 is 11.6 Å². The summed E-state index contributed by atoms with van der Waals surface area (Å²) < 4.78 is 10.5. The summed E-state index contributed by atoms with van der Waals surface area (Å²) in [7, 11) is 0. The van der Waals surface area contributed by atoms with Gasteiger partial charge in [-0.1, -0.05) is 35.9 Å². The zero-order valence-electron chi connectivity index (χ0n) is 14.8. The molecule has 0 atom stereocenters. The molecule has 0 N–H and O–H groups in total. The Bertz CT molecular complexity index is 1140. The largest absolute Gasteiger partial charge is 0.450 e. The zero-order valence-corrected chi connectivity index (χ0v) is 15.6. The number of amides is 1. The SMILES string of the molecule is O=C(OCC(=O)N1CCc2ccccc2C1)c1cc(=O)c2cc(Cl)ccc2o1. The molecule has 1 aromatic heterocycles. The highest BCUT2D eigenvalue weighted by atomic mass is 35.5. The average Bonchev–Trinajstić information content (AvgIpc) is 2.71. The third-order valence-corrected chi connectivity index (χ3v) is 4.94. The molecule has 1 amide bonds. The summed E-state index contributed by atoms with van der Waals surface area (Å²) in [6.07, 6.45) is 0.762. The Labute approximate surface area is 165 Å². The monoisotopic (exact) mass is 397 g/mol. The van der Waals surface area contributed by atoms with Gasteiger partial charge in [0, 0.05) is 24.2 Å². The molecule has 3 aromatic rings. The number of hydrogen-bond donors (Lipinski definition) is 0. The zero-order chi connectivity index (χ0) is 19.7. The van der Waals surface area contributed by atoms with Crippen LogP contribution in [0.15, 0.2) is 57.7 Å². The van der Waals surface area contributed by atoms with Gasteiger partial charge in [0.05, 0.1) is 5.39 Å². The Morgan fingerprint density at radius 3 is 2.71 bits per heavy atom. The number of halogens is 1. The molecule has 0 unspecified atom stereocenters. The number of rotatable bonds is 3. The van der Waals surface area contributed by atoms with E-state index in [0.717, 1.165) is 18.1 Å². The van der Waals surface area contributed by atoms with Crippen molar-refractivity contribution in [3.05, 3.63) is 80.7 Å². The molecule has 2 heterocycles. The van der Waals surface area contributed by atoms with Crippen molar-refractivity contribution in [3.8, 4) is 0 Å². The molecular formula is C21H16ClNO5. The molecule has 0 fully saturated rings. The van der Waals surface area contributed by atoms with E-state index in [1.54, 1.807) is 11.0 Å². The predicted molar refractivity (Wildman–Crippen MR) is 103 cm³/mol. The summed E-state index contributed by atoms with van der Waals surface area (Å²) in [6.45, 7) is 0.640. The van der Waals surface area contributed by atoms with Crippen LogP contribution in [-0.4, -0.2) is 29.9 Å². The average molecular weight is 398 g/mol. The Hall–Kier alpha value is -3.12. The molecule has 1 aliphatic rings. The molecule has 6 nitrogen and oxygen atoms in total. The molecule has 2 aromatic carbocycles. The highest BCUT2D eigenvalue weighted by Gasteiger charge is 2.22. The van der Waals surface area contributed by atoms with Crippen LogP contribution < -0.4 is 5.43 Å². The van der Waals surface area contributed by atoms with Crippen LogP contribution in [-0.2, 0) is 22.5 Å². The maximum atomic E-state index is 12.4. The summed E-state index contributed by atoms with van der Waals surface area (Å²) in [5, 5.41) is 0.663. The van der Waals surface area contributed by atoms with E-state index in [1.165, 1.54) is 17.7 Å². The van der Waals surface area contributed by atoms with Crippen molar-refractivity contribution in [2.24, 2.45) is 0 Å². The van der Waals surface area contributed by atoms with Crippen molar-refractivity contribution in [2.45, 2.75) is 13.0 Å². The fourth-order valence-corrected chi connectivity index (χ4v) is 3.40. The van der Waals surface area contributed by atoms with Crippen molar-refractivity contribution in [2.75, 3.05) is 13.2 Å². The van der Waals surface area contributed by atoms with Crippen molar-refractivity contribution >= 4 is 34.4 Å². The highest BCUT2D eigenvalue weighted by molar-refractivity contribution is 6.31. The van der Waals surface area contributed by atoms with Gasteiger partial charge in [0.1, 0.15) is 5.58 Å². The molecule has 7 heteroatoms. The van der Waals surface area contributed by atoms with Crippen molar-refractivity contribution in [1.82, 2.24) is 4.90 Å². The Kier molecular flexibility index (Phi) is 4.88. The Morgan fingerprint density at radius 2 is 1.89 bits per heavy atom. The summed E-state index contributed by atoms with van der Waals surface area (Å²) in [4.78, 5) is 38.4. The number of esters is 1. The fourth-order valence-electron chi connectivity index (χ4n) is 3.23. The Morgan fingerprint density at radius 1 is 1.11 bits per heavy atom. The van der Waals surface area contributed by atoms with Gasteiger partial charge in [-0.05, 0) is 35.7 Å². The molecule has 0 spiro atoms. The van der Waals surface area contributed by atoms with Gasteiger partial charge in [-0.2, -0.15) is 0 Å². The van der Waals surface area contributed by atoms with Gasteiger partial charge in [-0.3, -0.25) is 9.59 Å². The van der Waals surface area contributed by atoms with Gasteiger partial charge >= 0.3 is 5.97 Å². The van der Waals surface area contributed by atoms with E-state index in [2.05, 4.69) is 0 Å². The minimum Gasteiger partial charge on any atom is -0.450 e. The lowest BCUT2D eigenvalue weighted by Crippen LogP contribution is -2.38. The minimum atomic E-state index is -0.861. The van der Waals surface area contributed by atoms with E-state index in [0.29, 0.717) is 18.1 Å². The molecular weight excluding hydrogens is 382 g/mol. The van der Waals surface area contributed by atoms with Crippen molar-refractivity contribution in [3.63, 3.8) is 0 Å². The lowest BCUT2D eigenvalue weighted by Gasteiger charge is -2.28. The van der Waals surface area contributed by atoms with E-state index in [1.807, 2.05) is 24.3 Å². The van der Waals surface area contributed by atoms with E-state index < -0.39 is 18.0 Å². The van der Waals surface area contributed by atoms with Crippen LogP contribution in [0.5, 0.6) is 0 Å². The van der Waals surface area contributed by atoms with Crippen molar-refractivity contribution in [1.29, 1.82) is 0 Å². The van der Waals surface area contributed by atoms with Crippen LogP contribution in [0.1, 0.15) is 21.7 Å². The van der Waals surface area contributed by atoms with Gasteiger partial charge in [0.15, 0.2) is 12.0 Å². The molecule has 0 radical (unpaired) electrons. The summed E-state index contributed by atoms with van der Waals surface area (Å²) >= 11 is 5.87. The number of hydrogen-bond acceptors (Lipinski definition) is 5. The quantitative estimate of drug-likeness (QED) is 0.634. The maximum Gasteiger partial charge on any atom is 0.374 e. The molecule has 28 heavy (non-hydrogen) atoms. The van der Waals surface area contributed by atoms with Gasteiger partial charge < -0.3 is 14.1 Å². The van der Waals surface area contributed by atoms with Crippen LogP contribution in [0.4, 0.5) is 0 Å². The standard InChI is InChI=1S/C21H16ClNO5/c22-15-5-6-18-16(9-15)17(24)10-19(28-18)21(26)27-12-20(25)23-8-7-13-3-1-2-4-14(13)11-23/h1-6,9-10H,7-8,11-12H2. The smallest absolute Gasteiger partial charge is 0.374 e. The number of benzene rings is 2. The Balaban J connectivity index is 1.43. The normalized spacial score (nSPS) is 13.2. The highest BCUT2D eigenvalue weighted by Crippen LogP contribution is 2.19. The first kappa shape index (κ1) is 18.3. The second-order valence-electron chi connectivity index (χ2n) is 6.53. The van der Waals surface area contributed by atoms with Gasteiger partial charge in [0.2, 0.25) is 5.76 Å². The third-order valence-electron chi connectivity index (χ3n) is 4.70. The van der Waals surface area contributed by atoms with Gasteiger partial charge in [0.25, 0.3) is 5.91 Å². The first-order valence-electron chi connectivity index (χ1n) is 8.76. The molecule has 0 bridgehead atoms. The van der Waals surface area contributed by atoms with E-state index in [9.17, 15) is 14.4 Å². The first-order valence-corrected chi connectivity index (χ1v) is 9.14. The molecule has 1 aliphatic heterocycles. The number of fused-ring (bicyclic) bond motifs is 2. The van der Waals surface area contributed by atoms with Crippen LogP contribution in [0.25, 0.3) is 11.0 Å². The second kappa shape index (κ2) is 7.48. The number of ether oxygens (including phenoxy) is 1. The van der Waals surface area contributed by atoms with Crippen LogP contribution in [0.3, 0.4) is 0 Å². The fraction of sp³-hybridized carbons (Fsp3) is 0.190. The number of carbonyl (C=O) groups excluding carboxylic acids is 2. The topological polar surface area (TPSA) is 76.8 Å². The minimum absolute atomic E-state index is 0.225. The van der Waals surface area contributed by atoms with E-state index in [4.69, 9.17) is 20.8 Å². The van der Waals surface area contributed by atoms with E-state index >= 15 is 0 Å². The molecule has 0 saturated carbocycles. The molecule has 142 valence electrons. The third kappa shape index (κ3) is 3.64. The lowest BCUT2D eigenvalue weighted by molar-refractivity contribution is -0.135. The summed E-state index contributed by atoms with van der Waals surface area (Å²) in [6, 6.07) is 13.5. The van der Waals surface area contributed by atoms with Gasteiger partial charge in [-0.25, -0.2) is 4.79 Å². The predicted octanol–water partition coefficient (Wildman–Crippen LogP) is 3.19. The summed E-state index contributed by atoms with van der Waals surface area (Å²) in [5.74, 6) is -1.41. The van der Waals surface area contributed by atoms with Crippen LogP contribution in [0.2, 0.25) is 5.02 Å². The number of carbonyl (C=O) groups is 2. The molecule has 0 saturated heterocycles. The number of nitrogens with zero attached hydrogens (tertiary/aromatic N) is 1. The van der Waals surface area contributed by atoms with Crippen molar-refractivity contribution < 1.29 is 18.7 Å². The van der Waals surface area contributed by atoms with Crippen LogP contribution in [0, 0.1) is 0 Å². The first-order chi connectivity index (χ1) is 13.5. The lowest BCUT2D eigenvalue weighted by atomic mass is 10.00. The van der Waals surface area contributed by atoms with E-state index in [-0.39, 0.29) is 22.6 Å². The molecule has 0 aliphatic carbocycles. The molecule has 4 rings (SSSR count).